The minimum Gasteiger partial charge on any atom is -0.495 e. The van der Waals surface area contributed by atoms with Crippen LogP contribution in [0, 0.1) is 0 Å². The molecule has 15 heavy (non-hydrogen) atoms. The number of aromatic nitrogens is 1. The average molecular weight is 289 g/mol. The second-order valence-corrected chi connectivity index (χ2v) is 3.98. The molecule has 0 N–H and O–H groups in total. The highest BCUT2D eigenvalue weighted by molar-refractivity contribution is 9.10. The lowest BCUT2D eigenvalue weighted by molar-refractivity contribution is 0.412. The van der Waals surface area contributed by atoms with Crippen molar-refractivity contribution in [3.05, 3.63) is 34.2 Å². The van der Waals surface area contributed by atoms with E-state index in [1.54, 1.807) is 13.3 Å². The highest BCUT2D eigenvalue weighted by Crippen LogP contribution is 2.36. The normalized spacial score (nSPS) is 10.3. The van der Waals surface area contributed by atoms with Gasteiger partial charge in [0.05, 0.1) is 23.3 Å². The van der Waals surface area contributed by atoms with E-state index in [4.69, 9.17) is 20.8 Å². The van der Waals surface area contributed by atoms with Crippen molar-refractivity contribution in [3.8, 4) is 17.1 Å². The maximum atomic E-state index is 5.62. The van der Waals surface area contributed by atoms with Gasteiger partial charge in [-0.1, -0.05) is 6.07 Å². The third kappa shape index (κ3) is 2.01. The Labute approximate surface area is 100 Å². The Kier molecular flexibility index (Phi) is 2.98. The standard InChI is InChI=1S/C10H7BrClNO2/c1-14-9-6(3-2-4-7(9)11)8-5-13-10(12)15-8/h2-5H,1H3. The molecule has 0 aliphatic heterocycles. The summed E-state index contributed by atoms with van der Waals surface area (Å²) in [5.74, 6) is 1.28. The van der Waals surface area contributed by atoms with Crippen LogP contribution in [0.2, 0.25) is 5.35 Å². The number of nitrogens with zero attached hydrogens (tertiary/aromatic N) is 1. The van der Waals surface area contributed by atoms with Gasteiger partial charge in [-0.3, -0.25) is 0 Å². The van der Waals surface area contributed by atoms with Crippen molar-refractivity contribution in [1.29, 1.82) is 0 Å². The van der Waals surface area contributed by atoms with Gasteiger partial charge in [-0.25, -0.2) is 4.98 Å². The van der Waals surface area contributed by atoms with E-state index in [2.05, 4.69) is 20.9 Å². The Morgan fingerprint density at radius 3 is 2.87 bits per heavy atom. The van der Waals surface area contributed by atoms with Crippen LogP contribution in [0.15, 0.2) is 33.3 Å². The molecule has 0 aliphatic rings. The van der Waals surface area contributed by atoms with Gasteiger partial charge in [0, 0.05) is 0 Å². The molecular formula is C10H7BrClNO2. The number of para-hydroxylation sites is 1. The van der Waals surface area contributed by atoms with Crippen molar-refractivity contribution >= 4 is 27.5 Å². The molecule has 0 aliphatic carbocycles. The molecule has 0 radical (unpaired) electrons. The van der Waals surface area contributed by atoms with Gasteiger partial charge < -0.3 is 9.15 Å². The van der Waals surface area contributed by atoms with Crippen LogP contribution in [-0.2, 0) is 0 Å². The number of hydrogen-bond acceptors (Lipinski definition) is 3. The van der Waals surface area contributed by atoms with Gasteiger partial charge in [0.1, 0.15) is 5.75 Å². The largest absolute Gasteiger partial charge is 0.495 e. The summed E-state index contributed by atoms with van der Waals surface area (Å²) in [6.45, 7) is 0. The minimum absolute atomic E-state index is 0.118. The predicted molar refractivity (Wildman–Crippen MR) is 61.2 cm³/mol. The van der Waals surface area contributed by atoms with E-state index in [1.165, 1.54) is 0 Å². The van der Waals surface area contributed by atoms with Gasteiger partial charge in [-0.2, -0.15) is 0 Å². The summed E-state index contributed by atoms with van der Waals surface area (Å²) >= 11 is 9.01. The van der Waals surface area contributed by atoms with Crippen molar-refractivity contribution in [1.82, 2.24) is 4.98 Å². The van der Waals surface area contributed by atoms with E-state index in [0.29, 0.717) is 11.5 Å². The Hall–Kier alpha value is -1.000. The van der Waals surface area contributed by atoms with Crippen LogP contribution >= 0.6 is 27.5 Å². The second-order valence-electron chi connectivity index (χ2n) is 2.80. The van der Waals surface area contributed by atoms with Gasteiger partial charge in [0.2, 0.25) is 0 Å². The summed E-state index contributed by atoms with van der Waals surface area (Å²) in [6, 6.07) is 5.65. The summed E-state index contributed by atoms with van der Waals surface area (Å²) in [5, 5.41) is 0.118. The van der Waals surface area contributed by atoms with Crippen molar-refractivity contribution in [2.24, 2.45) is 0 Å². The topological polar surface area (TPSA) is 35.3 Å². The van der Waals surface area contributed by atoms with Gasteiger partial charge in [0.25, 0.3) is 5.35 Å². The number of methoxy groups -OCH3 is 1. The first-order valence-corrected chi connectivity index (χ1v) is 5.33. The molecule has 78 valence electrons. The summed E-state index contributed by atoms with van der Waals surface area (Å²) < 4.78 is 11.3. The Morgan fingerprint density at radius 2 is 2.27 bits per heavy atom. The molecule has 0 bridgehead atoms. The Morgan fingerprint density at radius 1 is 1.47 bits per heavy atom. The van der Waals surface area contributed by atoms with E-state index in [0.717, 1.165) is 10.0 Å². The molecule has 2 rings (SSSR count). The molecule has 1 aromatic heterocycles. The zero-order valence-electron chi connectivity index (χ0n) is 7.83. The van der Waals surface area contributed by atoms with Crippen LogP contribution in [0.25, 0.3) is 11.3 Å². The maximum Gasteiger partial charge on any atom is 0.292 e. The molecular weight excluding hydrogens is 281 g/mol. The fourth-order valence-corrected chi connectivity index (χ4v) is 1.95. The van der Waals surface area contributed by atoms with Gasteiger partial charge in [-0.15, -0.1) is 0 Å². The van der Waals surface area contributed by atoms with E-state index >= 15 is 0 Å². The molecule has 0 amide bonds. The Bertz CT molecular complexity index is 484. The smallest absolute Gasteiger partial charge is 0.292 e. The van der Waals surface area contributed by atoms with Gasteiger partial charge >= 0.3 is 0 Å². The molecule has 0 unspecified atom stereocenters. The summed E-state index contributed by atoms with van der Waals surface area (Å²) in [7, 11) is 1.60. The lowest BCUT2D eigenvalue weighted by Crippen LogP contribution is -1.87. The number of ether oxygens (including phenoxy) is 1. The quantitative estimate of drug-likeness (QED) is 0.844. The zero-order chi connectivity index (χ0) is 10.8. The first-order chi connectivity index (χ1) is 7.22. The number of rotatable bonds is 2. The molecule has 0 atom stereocenters. The SMILES string of the molecule is COc1c(Br)cccc1-c1cnc(Cl)o1. The third-order valence-electron chi connectivity index (χ3n) is 1.91. The van der Waals surface area contributed by atoms with E-state index in [-0.39, 0.29) is 5.35 Å². The second kappa shape index (κ2) is 4.24. The molecule has 2 aromatic rings. The van der Waals surface area contributed by atoms with Crippen LogP contribution in [0.1, 0.15) is 0 Å². The molecule has 3 nitrogen and oxygen atoms in total. The molecule has 0 saturated carbocycles. The van der Waals surface area contributed by atoms with Crippen LogP contribution in [-0.4, -0.2) is 12.1 Å². The van der Waals surface area contributed by atoms with E-state index in [1.807, 2.05) is 18.2 Å². The fourth-order valence-electron chi connectivity index (χ4n) is 1.29. The van der Waals surface area contributed by atoms with Crippen molar-refractivity contribution in [3.63, 3.8) is 0 Å². The van der Waals surface area contributed by atoms with Crippen LogP contribution in [0.3, 0.4) is 0 Å². The predicted octanol–water partition coefficient (Wildman–Crippen LogP) is 3.77. The maximum absolute atomic E-state index is 5.62. The van der Waals surface area contributed by atoms with Crippen LogP contribution in [0.4, 0.5) is 0 Å². The summed E-state index contributed by atoms with van der Waals surface area (Å²) in [4.78, 5) is 3.83. The minimum atomic E-state index is 0.118. The highest BCUT2D eigenvalue weighted by atomic mass is 79.9. The van der Waals surface area contributed by atoms with Crippen molar-refractivity contribution < 1.29 is 9.15 Å². The van der Waals surface area contributed by atoms with Crippen molar-refractivity contribution in [2.75, 3.05) is 7.11 Å². The first-order valence-electron chi connectivity index (χ1n) is 4.16. The van der Waals surface area contributed by atoms with Crippen LogP contribution in [0.5, 0.6) is 5.75 Å². The summed E-state index contributed by atoms with van der Waals surface area (Å²) in [6.07, 6.45) is 1.56. The molecule has 0 spiro atoms. The molecule has 1 aromatic carbocycles. The number of hydrogen-bond donors (Lipinski definition) is 0. The first kappa shape index (κ1) is 10.5. The number of oxazole rings is 1. The molecule has 5 heteroatoms. The molecule has 0 fully saturated rings. The molecule has 1 heterocycles. The monoisotopic (exact) mass is 287 g/mol. The third-order valence-corrected chi connectivity index (χ3v) is 2.71. The molecule has 0 saturated heterocycles. The summed E-state index contributed by atoms with van der Waals surface area (Å²) in [5.41, 5.74) is 0.811. The lowest BCUT2D eigenvalue weighted by Gasteiger charge is -2.07. The highest BCUT2D eigenvalue weighted by Gasteiger charge is 2.12. The lowest BCUT2D eigenvalue weighted by atomic mass is 10.1. The average Bonchev–Trinajstić information content (AvgIpc) is 2.64. The fraction of sp³-hybridized carbons (Fsp3) is 0.100. The zero-order valence-corrected chi connectivity index (χ0v) is 10.2. The Balaban J connectivity index is 2.57. The van der Waals surface area contributed by atoms with Gasteiger partial charge in [-0.05, 0) is 39.7 Å². The van der Waals surface area contributed by atoms with E-state index in [9.17, 15) is 0 Å². The number of benzene rings is 1. The van der Waals surface area contributed by atoms with Crippen LogP contribution < -0.4 is 4.74 Å². The van der Waals surface area contributed by atoms with Gasteiger partial charge in [0.15, 0.2) is 5.76 Å². The number of halogens is 2. The van der Waals surface area contributed by atoms with E-state index < -0.39 is 0 Å². The van der Waals surface area contributed by atoms with Crippen molar-refractivity contribution in [2.45, 2.75) is 0 Å².